The molecule has 0 radical (unpaired) electrons. The Labute approximate surface area is 106 Å². The molecule has 0 aliphatic rings. The topological polar surface area (TPSA) is 127 Å². The van der Waals surface area contributed by atoms with Gasteiger partial charge in [0.25, 0.3) is 0 Å². The Morgan fingerprint density at radius 1 is 1.21 bits per heavy atom. The molecule has 0 saturated carbocycles. The molecule has 19 heavy (non-hydrogen) atoms. The van der Waals surface area contributed by atoms with Crippen molar-refractivity contribution in [3.63, 3.8) is 0 Å². The zero-order valence-electron chi connectivity index (χ0n) is 9.44. The molecule has 6 nitrogen and oxygen atoms in total. The molecule has 6 N–H and O–H groups in total. The van der Waals surface area contributed by atoms with E-state index in [0.29, 0.717) is 6.07 Å². The van der Waals surface area contributed by atoms with Gasteiger partial charge in [-0.15, -0.1) is 0 Å². The van der Waals surface area contributed by atoms with Gasteiger partial charge in [-0.2, -0.15) is 23.4 Å². The van der Waals surface area contributed by atoms with Crippen molar-refractivity contribution in [3.05, 3.63) is 29.3 Å². The monoisotopic (exact) mass is 270 g/mol. The number of nitrogens with zero attached hydrogens (tertiary/aromatic N) is 3. The number of hydrogen-bond donors (Lipinski definition) is 3. The SMILES string of the molecule is N#Cc1ccc(N=C(N)N=C(N)N)c(C(F)(F)F)c1. The molecule has 0 spiro atoms. The molecular formula is C10H9F3N6. The predicted octanol–water partition coefficient (Wildman–Crippen LogP) is 0.797. The van der Waals surface area contributed by atoms with Gasteiger partial charge >= 0.3 is 6.18 Å². The van der Waals surface area contributed by atoms with Gasteiger partial charge in [-0.3, -0.25) is 0 Å². The van der Waals surface area contributed by atoms with Crippen molar-refractivity contribution in [2.75, 3.05) is 0 Å². The Kier molecular flexibility index (Phi) is 3.96. The van der Waals surface area contributed by atoms with E-state index in [1.165, 1.54) is 6.07 Å². The van der Waals surface area contributed by atoms with Crippen LogP contribution >= 0.6 is 0 Å². The summed E-state index contributed by atoms with van der Waals surface area (Å²) in [6.07, 6.45) is -4.68. The lowest BCUT2D eigenvalue weighted by atomic mass is 10.1. The number of aliphatic imine (C=N–C) groups is 2. The second-order valence-electron chi connectivity index (χ2n) is 3.35. The first-order valence-corrected chi connectivity index (χ1v) is 4.79. The van der Waals surface area contributed by atoms with Crippen LogP contribution in [0.2, 0.25) is 0 Å². The average molecular weight is 270 g/mol. The van der Waals surface area contributed by atoms with Crippen LogP contribution in [0.4, 0.5) is 18.9 Å². The summed E-state index contributed by atoms with van der Waals surface area (Å²) in [5.41, 5.74) is 13.6. The molecule has 100 valence electrons. The van der Waals surface area contributed by atoms with Gasteiger partial charge in [0.15, 0.2) is 5.96 Å². The number of alkyl halides is 3. The number of rotatable bonds is 1. The van der Waals surface area contributed by atoms with E-state index in [1.807, 2.05) is 0 Å². The largest absolute Gasteiger partial charge is 0.418 e. The molecule has 1 aromatic carbocycles. The fourth-order valence-electron chi connectivity index (χ4n) is 1.21. The minimum atomic E-state index is -4.68. The number of halogens is 3. The molecule has 0 amide bonds. The summed E-state index contributed by atoms with van der Waals surface area (Å²) in [7, 11) is 0. The third kappa shape index (κ3) is 3.88. The Morgan fingerprint density at radius 2 is 1.84 bits per heavy atom. The molecule has 0 aromatic heterocycles. The van der Waals surface area contributed by atoms with Crippen LogP contribution in [0.3, 0.4) is 0 Å². The standard InChI is InChI=1S/C10H9F3N6/c11-10(12,13)6-3-5(4-14)1-2-7(6)18-9(17)19-8(15)16/h1-3H,(H6,15,16,17,18,19). The number of nitrogens with two attached hydrogens (primary N) is 3. The van der Waals surface area contributed by atoms with E-state index in [9.17, 15) is 13.2 Å². The second-order valence-corrected chi connectivity index (χ2v) is 3.35. The Balaban J connectivity index is 3.37. The van der Waals surface area contributed by atoms with Crippen molar-refractivity contribution in [2.45, 2.75) is 6.18 Å². The summed E-state index contributed by atoms with van der Waals surface area (Å²) in [4.78, 5) is 6.76. The van der Waals surface area contributed by atoms with Gasteiger partial charge < -0.3 is 17.2 Å². The zero-order chi connectivity index (χ0) is 14.6. The maximum atomic E-state index is 12.8. The van der Waals surface area contributed by atoms with Crippen molar-refractivity contribution in [3.8, 4) is 6.07 Å². The first-order chi connectivity index (χ1) is 8.74. The normalized spacial score (nSPS) is 11.8. The van der Waals surface area contributed by atoms with Gasteiger partial charge in [0.05, 0.1) is 22.9 Å². The van der Waals surface area contributed by atoms with Gasteiger partial charge in [0.1, 0.15) is 0 Å². The summed E-state index contributed by atoms with van der Waals surface area (Å²) in [6.45, 7) is 0. The fourth-order valence-corrected chi connectivity index (χ4v) is 1.21. The fraction of sp³-hybridized carbons (Fsp3) is 0.100. The second kappa shape index (κ2) is 5.26. The molecule has 1 aromatic rings. The lowest BCUT2D eigenvalue weighted by Crippen LogP contribution is -2.26. The molecule has 0 aliphatic carbocycles. The van der Waals surface area contributed by atoms with Crippen molar-refractivity contribution in [1.82, 2.24) is 0 Å². The number of guanidine groups is 2. The molecule has 0 heterocycles. The van der Waals surface area contributed by atoms with Crippen molar-refractivity contribution < 1.29 is 13.2 Å². The summed E-state index contributed by atoms with van der Waals surface area (Å²) in [6, 6.07) is 4.46. The summed E-state index contributed by atoms with van der Waals surface area (Å²) in [5.74, 6) is -0.946. The third-order valence-electron chi connectivity index (χ3n) is 1.91. The minimum Gasteiger partial charge on any atom is -0.370 e. The van der Waals surface area contributed by atoms with Gasteiger partial charge in [-0.1, -0.05) is 0 Å². The maximum Gasteiger partial charge on any atom is 0.418 e. The van der Waals surface area contributed by atoms with Crippen LogP contribution in [0.1, 0.15) is 11.1 Å². The van der Waals surface area contributed by atoms with E-state index in [1.54, 1.807) is 6.07 Å². The van der Waals surface area contributed by atoms with Gasteiger partial charge in [0.2, 0.25) is 5.96 Å². The molecule has 0 unspecified atom stereocenters. The number of benzene rings is 1. The van der Waals surface area contributed by atoms with Crippen LogP contribution in [-0.4, -0.2) is 11.9 Å². The smallest absolute Gasteiger partial charge is 0.370 e. The highest BCUT2D eigenvalue weighted by atomic mass is 19.4. The molecule has 0 bridgehead atoms. The first-order valence-electron chi connectivity index (χ1n) is 4.79. The highest BCUT2D eigenvalue weighted by Gasteiger charge is 2.34. The van der Waals surface area contributed by atoms with Gasteiger partial charge in [-0.05, 0) is 18.2 Å². The lowest BCUT2D eigenvalue weighted by Gasteiger charge is -2.10. The number of hydrogen-bond acceptors (Lipinski definition) is 2. The highest BCUT2D eigenvalue weighted by molar-refractivity contribution is 5.93. The molecule has 9 heteroatoms. The summed E-state index contributed by atoms with van der Waals surface area (Å²) >= 11 is 0. The summed E-state index contributed by atoms with van der Waals surface area (Å²) < 4.78 is 38.3. The van der Waals surface area contributed by atoms with Crippen molar-refractivity contribution >= 4 is 17.6 Å². The predicted molar refractivity (Wildman–Crippen MR) is 63.3 cm³/mol. The Morgan fingerprint density at radius 3 is 2.32 bits per heavy atom. The Hall–Kier alpha value is -2.76. The summed E-state index contributed by atoms with van der Waals surface area (Å²) in [5, 5.41) is 8.59. The van der Waals surface area contributed by atoms with Crippen molar-refractivity contribution in [1.29, 1.82) is 5.26 Å². The molecule has 1 rings (SSSR count). The van der Waals surface area contributed by atoms with E-state index in [2.05, 4.69) is 9.98 Å². The van der Waals surface area contributed by atoms with Crippen LogP contribution in [-0.2, 0) is 6.18 Å². The van der Waals surface area contributed by atoms with E-state index in [0.717, 1.165) is 6.07 Å². The molecule has 0 fully saturated rings. The van der Waals surface area contributed by atoms with Gasteiger partial charge in [-0.25, -0.2) is 4.99 Å². The van der Waals surface area contributed by atoms with E-state index in [-0.39, 0.29) is 5.56 Å². The van der Waals surface area contributed by atoms with Crippen LogP contribution in [0.5, 0.6) is 0 Å². The number of nitriles is 1. The molecular weight excluding hydrogens is 261 g/mol. The van der Waals surface area contributed by atoms with E-state index >= 15 is 0 Å². The van der Waals surface area contributed by atoms with E-state index < -0.39 is 29.3 Å². The van der Waals surface area contributed by atoms with Crippen LogP contribution in [0, 0.1) is 11.3 Å². The zero-order valence-corrected chi connectivity index (χ0v) is 9.44. The molecule has 0 aliphatic heterocycles. The minimum absolute atomic E-state index is 0.147. The quantitative estimate of drug-likeness (QED) is 0.515. The Bertz CT molecular complexity index is 578. The molecule has 0 atom stereocenters. The third-order valence-corrected chi connectivity index (χ3v) is 1.91. The lowest BCUT2D eigenvalue weighted by molar-refractivity contribution is -0.137. The van der Waals surface area contributed by atoms with E-state index in [4.69, 9.17) is 22.5 Å². The van der Waals surface area contributed by atoms with Gasteiger partial charge in [0, 0.05) is 0 Å². The van der Waals surface area contributed by atoms with Crippen LogP contribution < -0.4 is 17.2 Å². The maximum absolute atomic E-state index is 12.8. The van der Waals surface area contributed by atoms with Crippen molar-refractivity contribution in [2.24, 2.45) is 27.2 Å². The van der Waals surface area contributed by atoms with Crippen LogP contribution in [0.25, 0.3) is 0 Å². The first kappa shape index (κ1) is 14.3. The van der Waals surface area contributed by atoms with Crippen LogP contribution in [0.15, 0.2) is 28.2 Å². The highest BCUT2D eigenvalue weighted by Crippen LogP contribution is 2.36. The average Bonchev–Trinajstić information content (AvgIpc) is 2.26. The molecule has 0 saturated heterocycles.